The van der Waals surface area contributed by atoms with E-state index in [1.54, 1.807) is 6.07 Å². The molecule has 6 heteroatoms. The number of halogens is 3. The molecule has 3 nitrogen and oxygen atoms in total. The lowest BCUT2D eigenvalue weighted by atomic mass is 9.85. The van der Waals surface area contributed by atoms with Gasteiger partial charge in [-0.15, -0.1) is 0 Å². The van der Waals surface area contributed by atoms with Crippen molar-refractivity contribution in [2.45, 2.75) is 45.5 Å². The molecule has 0 unspecified atom stereocenters. The van der Waals surface area contributed by atoms with Crippen molar-refractivity contribution in [3.8, 4) is 0 Å². The molecule has 2 aliphatic rings. The van der Waals surface area contributed by atoms with Crippen LogP contribution in [-0.2, 0) is 12.8 Å². The molecule has 1 aliphatic heterocycles. The van der Waals surface area contributed by atoms with Crippen LogP contribution < -0.4 is 0 Å². The maximum Gasteiger partial charge on any atom is 0.335 e. The Balaban J connectivity index is 1.48. The number of benzene rings is 3. The van der Waals surface area contributed by atoms with Crippen LogP contribution in [0, 0.1) is 12.8 Å². The van der Waals surface area contributed by atoms with Crippen LogP contribution in [0.15, 0.2) is 60.7 Å². The number of rotatable bonds is 8. The van der Waals surface area contributed by atoms with Crippen molar-refractivity contribution >= 4 is 28.7 Å². The molecule has 1 saturated heterocycles. The molecule has 1 heterocycles. The summed E-state index contributed by atoms with van der Waals surface area (Å²) < 4.78 is 25.0. The Morgan fingerprint density at radius 2 is 1.82 bits per heavy atom. The first-order valence-corrected chi connectivity index (χ1v) is 13.6. The van der Waals surface area contributed by atoms with E-state index in [-0.39, 0.29) is 6.42 Å². The minimum absolute atomic E-state index is 0.0552. The molecule has 0 amide bonds. The lowest BCUT2D eigenvalue weighted by Gasteiger charge is -2.39. The number of carboxylic acid groups (broad SMARTS) is 1. The molecule has 1 fully saturated rings. The topological polar surface area (TPSA) is 40.5 Å². The highest BCUT2D eigenvalue weighted by molar-refractivity contribution is 6.31. The van der Waals surface area contributed by atoms with E-state index in [4.69, 9.17) is 11.6 Å². The zero-order valence-electron chi connectivity index (χ0n) is 21.5. The van der Waals surface area contributed by atoms with Gasteiger partial charge in [0.2, 0.25) is 6.43 Å². The van der Waals surface area contributed by atoms with Gasteiger partial charge in [0.25, 0.3) is 0 Å². The van der Waals surface area contributed by atoms with Gasteiger partial charge in [0.1, 0.15) is 0 Å². The summed E-state index contributed by atoms with van der Waals surface area (Å²) in [6.45, 7) is 4.26. The molecule has 3 aromatic rings. The van der Waals surface area contributed by atoms with E-state index >= 15 is 0 Å². The molecule has 0 spiro atoms. The van der Waals surface area contributed by atoms with Gasteiger partial charge in [-0.25, -0.2) is 13.6 Å². The molecular formula is C32H32ClF2NO2. The highest BCUT2D eigenvalue weighted by Crippen LogP contribution is 2.42. The zero-order valence-corrected chi connectivity index (χ0v) is 22.3. The molecule has 1 aliphatic carbocycles. The average Bonchev–Trinajstić information content (AvgIpc) is 3.06. The van der Waals surface area contributed by atoms with Crippen molar-refractivity contribution < 1.29 is 18.7 Å². The zero-order chi connectivity index (χ0) is 26.8. The standard InChI is InChI=1S/C32H32ClF2NO2/c1-20-26(5-3-7-29(20)33)28-6-2-4-24-17-25(32(37)38)12-13-27(24)31(28)23-10-8-21(9-11-23)16-22-18-36(19-22)15-14-30(34)35/h3,5,7-13,17,22,30H,2,4,6,14-16,18-19H2,1H3,(H,37,38). The average molecular weight is 536 g/mol. The van der Waals surface area contributed by atoms with Crippen molar-refractivity contribution in [2.75, 3.05) is 19.6 Å². The predicted molar refractivity (Wildman–Crippen MR) is 149 cm³/mol. The third-order valence-electron chi connectivity index (χ3n) is 7.85. The van der Waals surface area contributed by atoms with Crippen LogP contribution in [0.2, 0.25) is 5.02 Å². The quantitative estimate of drug-likeness (QED) is 0.320. The fourth-order valence-electron chi connectivity index (χ4n) is 5.86. The lowest BCUT2D eigenvalue weighted by Crippen LogP contribution is -2.48. The first kappa shape index (κ1) is 26.6. The van der Waals surface area contributed by atoms with E-state index in [0.717, 1.165) is 77.2 Å². The predicted octanol–water partition coefficient (Wildman–Crippen LogP) is 7.77. The summed E-state index contributed by atoms with van der Waals surface area (Å²) in [5.41, 5.74) is 9.31. The van der Waals surface area contributed by atoms with Crippen molar-refractivity contribution in [1.29, 1.82) is 0 Å². The maximum absolute atomic E-state index is 12.5. The van der Waals surface area contributed by atoms with Gasteiger partial charge in [-0.1, -0.05) is 54.1 Å². The molecule has 1 N–H and O–H groups in total. The molecule has 0 aromatic heterocycles. The Labute approximate surface area is 227 Å². The smallest absolute Gasteiger partial charge is 0.335 e. The second kappa shape index (κ2) is 11.4. The number of fused-ring (bicyclic) bond motifs is 1. The Kier molecular flexibility index (Phi) is 7.96. The van der Waals surface area contributed by atoms with Crippen LogP contribution in [0.5, 0.6) is 0 Å². The minimum atomic E-state index is -2.23. The van der Waals surface area contributed by atoms with Gasteiger partial charge in [-0.3, -0.25) is 0 Å². The summed E-state index contributed by atoms with van der Waals surface area (Å²) in [6, 6.07) is 20.2. The van der Waals surface area contributed by atoms with E-state index in [2.05, 4.69) is 35.2 Å². The molecule has 5 rings (SSSR count). The second-order valence-electron chi connectivity index (χ2n) is 10.5. The van der Waals surface area contributed by atoms with E-state index in [0.29, 0.717) is 18.0 Å². The maximum atomic E-state index is 12.5. The van der Waals surface area contributed by atoms with Crippen LogP contribution in [0.3, 0.4) is 0 Å². The summed E-state index contributed by atoms with van der Waals surface area (Å²) in [5, 5.41) is 10.3. The molecule has 0 radical (unpaired) electrons. The summed E-state index contributed by atoms with van der Waals surface area (Å²) >= 11 is 6.53. The second-order valence-corrected chi connectivity index (χ2v) is 10.9. The van der Waals surface area contributed by atoms with Gasteiger partial charge in [-0.05, 0) is 101 Å². The normalized spacial score (nSPS) is 16.3. The van der Waals surface area contributed by atoms with E-state index in [1.165, 1.54) is 11.1 Å². The Bertz CT molecular complexity index is 1360. The molecule has 3 aromatic carbocycles. The molecule has 0 atom stereocenters. The number of allylic oxidation sites excluding steroid dienone is 1. The molecule has 198 valence electrons. The fraction of sp³-hybridized carbons (Fsp3) is 0.344. The van der Waals surface area contributed by atoms with Gasteiger partial charge in [0.05, 0.1) is 5.56 Å². The number of hydrogen-bond donors (Lipinski definition) is 1. The van der Waals surface area contributed by atoms with Crippen molar-refractivity contribution in [3.05, 3.63) is 105 Å². The number of likely N-dealkylation sites (tertiary alicyclic amines) is 1. The first-order chi connectivity index (χ1) is 18.3. The summed E-state index contributed by atoms with van der Waals surface area (Å²) in [5.74, 6) is -0.419. The summed E-state index contributed by atoms with van der Waals surface area (Å²) in [4.78, 5) is 13.8. The first-order valence-electron chi connectivity index (χ1n) is 13.2. The number of carboxylic acids is 1. The van der Waals surface area contributed by atoms with Gasteiger partial charge in [-0.2, -0.15) is 0 Å². The number of aromatic carboxylic acids is 1. The highest BCUT2D eigenvalue weighted by Gasteiger charge is 2.27. The van der Waals surface area contributed by atoms with Gasteiger partial charge >= 0.3 is 5.97 Å². The lowest BCUT2D eigenvalue weighted by molar-refractivity contribution is 0.0626. The summed E-state index contributed by atoms with van der Waals surface area (Å²) in [7, 11) is 0. The van der Waals surface area contributed by atoms with Crippen LogP contribution in [0.25, 0.3) is 11.1 Å². The van der Waals surface area contributed by atoms with Crippen LogP contribution in [0.4, 0.5) is 8.78 Å². The monoisotopic (exact) mass is 535 g/mol. The number of nitrogens with zero attached hydrogens (tertiary/aromatic N) is 1. The third-order valence-corrected chi connectivity index (χ3v) is 8.26. The Morgan fingerprint density at radius 1 is 1.05 bits per heavy atom. The van der Waals surface area contributed by atoms with Crippen molar-refractivity contribution in [1.82, 2.24) is 4.90 Å². The summed E-state index contributed by atoms with van der Waals surface area (Å²) in [6.07, 6.45) is 1.24. The van der Waals surface area contributed by atoms with Crippen molar-refractivity contribution in [3.63, 3.8) is 0 Å². The van der Waals surface area contributed by atoms with Crippen LogP contribution >= 0.6 is 11.6 Å². The van der Waals surface area contributed by atoms with Gasteiger partial charge in [0, 0.05) is 31.1 Å². The Hall–Kier alpha value is -3.02. The number of hydrogen-bond acceptors (Lipinski definition) is 2. The van der Waals surface area contributed by atoms with Gasteiger partial charge in [0.15, 0.2) is 0 Å². The fourth-order valence-corrected chi connectivity index (χ4v) is 6.04. The molecule has 38 heavy (non-hydrogen) atoms. The van der Waals surface area contributed by atoms with E-state index in [9.17, 15) is 18.7 Å². The Morgan fingerprint density at radius 3 is 2.53 bits per heavy atom. The number of aryl methyl sites for hydroxylation is 1. The largest absolute Gasteiger partial charge is 0.478 e. The van der Waals surface area contributed by atoms with Gasteiger partial charge < -0.3 is 10.0 Å². The SMILES string of the molecule is Cc1c(Cl)cccc1C1=C(c2ccc(CC3CN(CCC(F)F)C3)cc2)c2ccc(C(=O)O)cc2CCC1. The number of carbonyl (C=O) groups is 1. The molecular weight excluding hydrogens is 504 g/mol. The minimum Gasteiger partial charge on any atom is -0.478 e. The van der Waals surface area contributed by atoms with Crippen molar-refractivity contribution in [2.24, 2.45) is 5.92 Å². The van der Waals surface area contributed by atoms with Crippen LogP contribution in [0.1, 0.15) is 63.0 Å². The highest BCUT2D eigenvalue weighted by atomic mass is 35.5. The molecule has 0 saturated carbocycles. The van der Waals surface area contributed by atoms with E-state index < -0.39 is 12.4 Å². The number of alkyl halides is 2. The molecule has 0 bridgehead atoms. The van der Waals surface area contributed by atoms with Crippen LogP contribution in [-0.4, -0.2) is 42.0 Å². The third kappa shape index (κ3) is 5.69. The van der Waals surface area contributed by atoms with E-state index in [1.807, 2.05) is 31.2 Å².